The number of nitrogens with one attached hydrogen (secondary N) is 1. The molecule has 0 saturated carbocycles. The average Bonchev–Trinajstić information content (AvgIpc) is 3.39. The number of hydrogen-bond acceptors (Lipinski definition) is 7. The zero-order valence-corrected chi connectivity index (χ0v) is 23.9. The lowest BCUT2D eigenvalue weighted by atomic mass is 9.95. The summed E-state index contributed by atoms with van der Waals surface area (Å²) in [4.78, 5) is 18.9. The molecule has 1 unspecified atom stereocenters. The van der Waals surface area contributed by atoms with Crippen molar-refractivity contribution in [1.29, 1.82) is 0 Å². The molecule has 0 bridgehead atoms. The highest BCUT2D eigenvalue weighted by atomic mass is 19.2. The average molecular weight is 562 g/mol. The minimum absolute atomic E-state index is 0.125. The number of likely N-dealkylation sites (tertiary alicyclic amines) is 1. The van der Waals surface area contributed by atoms with Gasteiger partial charge in [-0.25, -0.2) is 9.37 Å². The van der Waals surface area contributed by atoms with Crippen molar-refractivity contribution >= 4 is 11.8 Å². The van der Waals surface area contributed by atoms with Gasteiger partial charge in [-0.1, -0.05) is 20.3 Å². The van der Waals surface area contributed by atoms with Crippen molar-refractivity contribution < 1.29 is 32.9 Å². The Hall–Kier alpha value is -2.98. The first-order valence-corrected chi connectivity index (χ1v) is 14.2. The number of aliphatic carboxylic acids is 1. The van der Waals surface area contributed by atoms with E-state index < -0.39 is 23.6 Å². The molecule has 1 aromatic carbocycles. The Bertz CT molecular complexity index is 1180. The molecule has 2 N–H and O–H groups in total. The predicted octanol–water partition coefficient (Wildman–Crippen LogP) is 5.49. The molecular weight excluding hydrogens is 520 g/mol. The number of carbonyl (C=O) groups is 1. The Balaban J connectivity index is 1.29. The maximum atomic E-state index is 14.8. The second-order valence-corrected chi connectivity index (χ2v) is 10.9. The number of aryl methyl sites for hydroxylation is 1. The van der Waals surface area contributed by atoms with Crippen LogP contribution in [0.1, 0.15) is 80.3 Å². The van der Waals surface area contributed by atoms with Crippen molar-refractivity contribution in [3.05, 3.63) is 46.2 Å². The molecule has 2 aromatic rings. The summed E-state index contributed by atoms with van der Waals surface area (Å²) in [5, 5.41) is 13.5. The molecular formula is C30H41F2N3O5. The van der Waals surface area contributed by atoms with E-state index in [1.165, 1.54) is 13.2 Å². The maximum absolute atomic E-state index is 14.8. The number of fused-ring (bicyclic) bond motifs is 1. The van der Waals surface area contributed by atoms with Gasteiger partial charge in [0.1, 0.15) is 17.6 Å². The predicted molar refractivity (Wildman–Crippen MR) is 148 cm³/mol. The van der Waals surface area contributed by atoms with Crippen LogP contribution in [0.3, 0.4) is 0 Å². The molecule has 2 atom stereocenters. The van der Waals surface area contributed by atoms with Gasteiger partial charge < -0.3 is 24.6 Å². The van der Waals surface area contributed by atoms with Gasteiger partial charge in [-0.3, -0.25) is 9.69 Å². The number of carboxylic acid groups (broad SMARTS) is 1. The number of carboxylic acids is 1. The molecule has 40 heavy (non-hydrogen) atoms. The first-order valence-electron chi connectivity index (χ1n) is 14.2. The summed E-state index contributed by atoms with van der Waals surface area (Å²) in [6.07, 6.45) is 6.30. The molecule has 1 fully saturated rings. The molecule has 2 aliphatic heterocycles. The highest BCUT2D eigenvalue weighted by Crippen LogP contribution is 2.38. The molecule has 10 heteroatoms. The van der Waals surface area contributed by atoms with Crippen molar-refractivity contribution in [3.8, 4) is 11.5 Å². The fraction of sp³-hybridized carbons (Fsp3) is 0.600. The minimum Gasteiger partial charge on any atom is -0.496 e. The Morgan fingerprint density at radius 2 is 1.95 bits per heavy atom. The second kappa shape index (κ2) is 13.6. The van der Waals surface area contributed by atoms with Crippen LogP contribution in [0.2, 0.25) is 0 Å². The van der Waals surface area contributed by atoms with Gasteiger partial charge in [0.25, 0.3) is 0 Å². The topological polar surface area (TPSA) is 93.2 Å². The standard InChI is InChI=1S/C30H41F2N3O5/c1-18(2)22-16-23(28(39-4)26(32)25(22)31)27(30(36)37)35-13-11-20(17-35)40-14-7-5-6-9-19-15-24(38-3)21-10-8-12-33-29(21)34-19/h15-16,18,20,27H,5-14,17H2,1-4H3,(H,33,34)(H,36,37)/t20-,27?/m1/s1. The van der Waals surface area contributed by atoms with E-state index in [2.05, 4.69) is 5.32 Å². The molecule has 1 saturated heterocycles. The van der Waals surface area contributed by atoms with E-state index >= 15 is 0 Å². The van der Waals surface area contributed by atoms with Gasteiger partial charge >= 0.3 is 5.97 Å². The van der Waals surface area contributed by atoms with Gasteiger partial charge in [-0.15, -0.1) is 0 Å². The molecule has 3 heterocycles. The number of benzene rings is 1. The van der Waals surface area contributed by atoms with Gasteiger partial charge in [0.2, 0.25) is 5.82 Å². The smallest absolute Gasteiger partial charge is 0.325 e. The first kappa shape index (κ1) is 30.0. The van der Waals surface area contributed by atoms with Crippen LogP contribution >= 0.6 is 0 Å². The van der Waals surface area contributed by atoms with Crippen molar-refractivity contribution in [2.75, 3.05) is 45.8 Å². The van der Waals surface area contributed by atoms with Gasteiger partial charge in [-0.2, -0.15) is 4.39 Å². The lowest BCUT2D eigenvalue weighted by Gasteiger charge is -2.27. The van der Waals surface area contributed by atoms with Crippen molar-refractivity contribution in [1.82, 2.24) is 9.88 Å². The number of aromatic nitrogens is 1. The van der Waals surface area contributed by atoms with Crippen LogP contribution in [0.25, 0.3) is 0 Å². The Morgan fingerprint density at radius 3 is 2.65 bits per heavy atom. The van der Waals surface area contributed by atoms with E-state index in [9.17, 15) is 18.7 Å². The fourth-order valence-electron chi connectivity index (χ4n) is 5.69. The van der Waals surface area contributed by atoms with E-state index in [0.717, 1.165) is 67.9 Å². The zero-order valence-electron chi connectivity index (χ0n) is 23.9. The van der Waals surface area contributed by atoms with Gasteiger partial charge in [0.05, 0.1) is 20.3 Å². The van der Waals surface area contributed by atoms with Crippen molar-refractivity contribution in [2.24, 2.45) is 0 Å². The number of pyridine rings is 1. The molecule has 1 aromatic heterocycles. The SMILES string of the molecule is COc1cc(CCCCCO[C@@H]2CCN(C(C(=O)O)c3cc(C(C)C)c(F)c(F)c3OC)C2)nc2c1CCCN2. The number of unbranched alkanes of at least 4 members (excludes halogenated alkanes) is 2. The Morgan fingerprint density at radius 1 is 1.15 bits per heavy atom. The van der Waals surface area contributed by atoms with E-state index in [0.29, 0.717) is 26.1 Å². The lowest BCUT2D eigenvalue weighted by molar-refractivity contribution is -0.143. The summed E-state index contributed by atoms with van der Waals surface area (Å²) in [6, 6.07) is 2.31. The number of anilines is 1. The summed E-state index contributed by atoms with van der Waals surface area (Å²) < 4.78 is 46.2. The fourth-order valence-corrected chi connectivity index (χ4v) is 5.69. The van der Waals surface area contributed by atoms with Gasteiger partial charge in [-0.05, 0) is 56.1 Å². The summed E-state index contributed by atoms with van der Waals surface area (Å²) in [6.45, 7) is 5.85. The number of nitrogens with zero attached hydrogens (tertiary/aromatic N) is 2. The first-order chi connectivity index (χ1) is 19.2. The normalized spacial score (nSPS) is 17.9. The molecule has 8 nitrogen and oxygen atoms in total. The number of rotatable bonds is 13. The van der Waals surface area contributed by atoms with E-state index in [4.69, 9.17) is 19.2 Å². The number of ether oxygens (including phenoxy) is 3. The molecule has 0 radical (unpaired) electrons. The highest BCUT2D eigenvalue weighted by Gasteiger charge is 2.37. The molecule has 220 valence electrons. The van der Waals surface area contributed by atoms with Crippen LogP contribution in [0.5, 0.6) is 11.5 Å². The summed E-state index contributed by atoms with van der Waals surface area (Å²) in [5.41, 5.74) is 2.43. The quantitative estimate of drug-likeness (QED) is 0.310. The minimum atomic E-state index is -1.16. The third kappa shape index (κ3) is 6.66. The van der Waals surface area contributed by atoms with Crippen LogP contribution in [0, 0.1) is 11.6 Å². The Labute approximate surface area is 235 Å². The zero-order chi connectivity index (χ0) is 28.8. The number of halogens is 2. The summed E-state index contributed by atoms with van der Waals surface area (Å²) in [5.74, 6) is -2.12. The van der Waals surface area contributed by atoms with E-state index in [1.54, 1.807) is 25.9 Å². The van der Waals surface area contributed by atoms with Gasteiger partial charge in [0.15, 0.2) is 11.6 Å². The summed E-state index contributed by atoms with van der Waals surface area (Å²) in [7, 11) is 2.92. The molecule has 4 rings (SSSR count). The second-order valence-electron chi connectivity index (χ2n) is 10.9. The van der Waals surface area contributed by atoms with Crippen LogP contribution < -0.4 is 14.8 Å². The summed E-state index contributed by atoms with van der Waals surface area (Å²) >= 11 is 0. The van der Waals surface area contributed by atoms with E-state index in [-0.39, 0.29) is 28.9 Å². The van der Waals surface area contributed by atoms with Crippen molar-refractivity contribution in [2.45, 2.75) is 76.9 Å². The monoisotopic (exact) mass is 561 g/mol. The van der Waals surface area contributed by atoms with Crippen LogP contribution in [-0.2, 0) is 22.4 Å². The Kier molecular flexibility index (Phi) is 10.2. The molecule has 0 amide bonds. The number of hydrogen-bond donors (Lipinski definition) is 2. The molecule has 0 aliphatic carbocycles. The molecule has 2 aliphatic rings. The van der Waals surface area contributed by atoms with Crippen LogP contribution in [-0.4, -0.2) is 67.5 Å². The van der Waals surface area contributed by atoms with Crippen molar-refractivity contribution in [3.63, 3.8) is 0 Å². The maximum Gasteiger partial charge on any atom is 0.325 e. The third-order valence-corrected chi connectivity index (χ3v) is 7.80. The van der Waals surface area contributed by atoms with Gasteiger partial charge in [0, 0.05) is 49.1 Å². The third-order valence-electron chi connectivity index (χ3n) is 7.80. The molecule has 0 spiro atoms. The lowest BCUT2D eigenvalue weighted by Crippen LogP contribution is -2.34. The number of methoxy groups -OCH3 is 2. The van der Waals surface area contributed by atoms with E-state index in [1.807, 2.05) is 6.07 Å². The van der Waals surface area contributed by atoms with Crippen LogP contribution in [0.4, 0.5) is 14.6 Å². The largest absolute Gasteiger partial charge is 0.496 e. The highest BCUT2D eigenvalue weighted by molar-refractivity contribution is 5.77. The van der Waals surface area contributed by atoms with Crippen LogP contribution in [0.15, 0.2) is 12.1 Å².